The van der Waals surface area contributed by atoms with Gasteiger partial charge in [-0.05, 0) is 31.0 Å². The minimum absolute atomic E-state index is 0.00480. The first-order valence-corrected chi connectivity index (χ1v) is 8.86. The fourth-order valence-corrected chi connectivity index (χ4v) is 4.00. The number of oxazole rings is 1. The van der Waals surface area contributed by atoms with Gasteiger partial charge in [0.25, 0.3) is 0 Å². The highest BCUT2D eigenvalue weighted by molar-refractivity contribution is 7.90. The first kappa shape index (κ1) is 15.2. The molecule has 22 heavy (non-hydrogen) atoms. The summed E-state index contributed by atoms with van der Waals surface area (Å²) in [6.07, 6.45) is 2.74. The van der Waals surface area contributed by atoms with Crippen molar-refractivity contribution in [2.24, 2.45) is 0 Å². The van der Waals surface area contributed by atoms with E-state index in [2.05, 4.69) is 4.98 Å². The predicted octanol–water partition coefficient (Wildman–Crippen LogP) is 2.57. The van der Waals surface area contributed by atoms with Crippen LogP contribution >= 0.6 is 0 Å². The van der Waals surface area contributed by atoms with Gasteiger partial charge in [-0.15, -0.1) is 0 Å². The highest BCUT2D eigenvalue weighted by Crippen LogP contribution is 2.21. The Morgan fingerprint density at radius 2 is 2.23 bits per heavy atom. The predicted molar refractivity (Wildman–Crippen MR) is 78.4 cm³/mol. The summed E-state index contributed by atoms with van der Waals surface area (Å²) in [6.45, 7) is 0.619. The van der Waals surface area contributed by atoms with E-state index in [0.717, 1.165) is 12.8 Å². The number of aromatic nitrogens is 1. The highest BCUT2D eigenvalue weighted by Gasteiger charge is 2.24. The van der Waals surface area contributed by atoms with E-state index in [1.165, 1.54) is 18.4 Å². The number of hydrogen-bond acceptors (Lipinski definition) is 5. The molecule has 1 aliphatic heterocycles. The first-order valence-electron chi connectivity index (χ1n) is 7.04. The van der Waals surface area contributed by atoms with Crippen molar-refractivity contribution < 1.29 is 22.0 Å². The van der Waals surface area contributed by atoms with E-state index in [1.54, 1.807) is 12.1 Å². The third-order valence-electron chi connectivity index (χ3n) is 3.45. The second-order valence-corrected chi connectivity index (χ2v) is 7.45. The summed E-state index contributed by atoms with van der Waals surface area (Å²) >= 11 is 0. The number of hydrogen-bond donors (Lipinski definition) is 0. The molecule has 0 spiro atoms. The van der Waals surface area contributed by atoms with Crippen molar-refractivity contribution in [1.29, 1.82) is 0 Å². The number of rotatable bonds is 5. The Kier molecular flexibility index (Phi) is 4.26. The first-order chi connectivity index (χ1) is 10.5. The quantitative estimate of drug-likeness (QED) is 0.845. The molecule has 118 valence electrons. The maximum Gasteiger partial charge on any atom is 0.226 e. The summed E-state index contributed by atoms with van der Waals surface area (Å²) in [7, 11) is -3.32. The Balaban J connectivity index is 1.71. The summed E-state index contributed by atoms with van der Waals surface area (Å²) in [5, 5.41) is 0. The molecule has 1 fully saturated rings. The third kappa shape index (κ3) is 3.72. The average Bonchev–Trinajstić information content (AvgIpc) is 3.09. The summed E-state index contributed by atoms with van der Waals surface area (Å²) in [4.78, 5) is 4.13. The monoisotopic (exact) mass is 325 g/mol. The van der Waals surface area contributed by atoms with Gasteiger partial charge in [-0.3, -0.25) is 0 Å². The summed E-state index contributed by atoms with van der Waals surface area (Å²) < 4.78 is 48.0. The van der Waals surface area contributed by atoms with E-state index in [1.807, 2.05) is 0 Å². The Hall–Kier alpha value is -1.73. The van der Waals surface area contributed by atoms with E-state index in [9.17, 15) is 12.8 Å². The number of benzene rings is 1. The van der Waals surface area contributed by atoms with Crippen LogP contribution in [0.3, 0.4) is 0 Å². The minimum Gasteiger partial charge on any atom is -0.444 e. The second-order valence-electron chi connectivity index (χ2n) is 5.34. The summed E-state index contributed by atoms with van der Waals surface area (Å²) in [5.74, 6) is -0.397. The zero-order valence-electron chi connectivity index (χ0n) is 11.9. The van der Waals surface area contributed by atoms with Crippen LogP contribution in [-0.2, 0) is 20.3 Å². The molecular formula is C15H16FNO4S. The second kappa shape index (κ2) is 6.18. The van der Waals surface area contributed by atoms with Crippen molar-refractivity contribution in [3.8, 4) is 11.5 Å². The van der Waals surface area contributed by atoms with Crippen LogP contribution in [0.15, 0.2) is 34.9 Å². The van der Waals surface area contributed by atoms with Gasteiger partial charge in [0, 0.05) is 12.2 Å². The molecule has 1 aliphatic rings. The van der Waals surface area contributed by atoms with Crippen molar-refractivity contribution in [2.75, 3.05) is 12.4 Å². The van der Waals surface area contributed by atoms with E-state index >= 15 is 0 Å². The van der Waals surface area contributed by atoms with Gasteiger partial charge in [0.15, 0.2) is 9.84 Å². The highest BCUT2D eigenvalue weighted by atomic mass is 32.2. The fraction of sp³-hybridized carbons (Fsp3) is 0.400. The molecule has 0 radical (unpaired) electrons. The van der Waals surface area contributed by atoms with Crippen LogP contribution in [0.5, 0.6) is 0 Å². The standard InChI is InChI=1S/C15H16FNO4S/c16-12-4-1-3-11(7-12)15-17-13(8-21-15)9-22(18,19)10-14-5-2-6-20-14/h1,3-4,7-8,14H,2,5-6,9-10H2. The van der Waals surface area contributed by atoms with Gasteiger partial charge in [0.2, 0.25) is 5.89 Å². The number of sulfone groups is 1. The fourth-order valence-electron chi connectivity index (χ4n) is 2.47. The Labute approximate surface area is 128 Å². The molecule has 1 aromatic heterocycles. The molecular weight excluding hydrogens is 309 g/mol. The van der Waals surface area contributed by atoms with Crippen LogP contribution in [0.2, 0.25) is 0 Å². The van der Waals surface area contributed by atoms with E-state index in [4.69, 9.17) is 9.15 Å². The maximum atomic E-state index is 13.2. The van der Waals surface area contributed by atoms with Crippen molar-refractivity contribution in [1.82, 2.24) is 4.98 Å². The molecule has 5 nitrogen and oxygen atoms in total. The zero-order valence-corrected chi connectivity index (χ0v) is 12.7. The molecule has 7 heteroatoms. The molecule has 0 bridgehead atoms. The van der Waals surface area contributed by atoms with Gasteiger partial charge >= 0.3 is 0 Å². The van der Waals surface area contributed by atoms with Gasteiger partial charge in [0.05, 0.1) is 23.3 Å². The Morgan fingerprint density at radius 1 is 1.36 bits per heavy atom. The molecule has 1 unspecified atom stereocenters. The van der Waals surface area contributed by atoms with E-state index < -0.39 is 15.7 Å². The summed E-state index contributed by atoms with van der Waals surface area (Å²) in [6, 6.07) is 5.80. The van der Waals surface area contributed by atoms with Gasteiger partial charge in [-0.2, -0.15) is 0 Å². The summed E-state index contributed by atoms with van der Waals surface area (Å²) in [5.41, 5.74) is 0.792. The SMILES string of the molecule is O=S(=O)(Cc1coc(-c2cccc(F)c2)n1)CC1CCCO1. The molecule has 0 aliphatic carbocycles. The van der Waals surface area contributed by atoms with Crippen molar-refractivity contribution in [2.45, 2.75) is 24.7 Å². The van der Waals surface area contributed by atoms with Crippen molar-refractivity contribution in [3.05, 3.63) is 42.0 Å². The van der Waals surface area contributed by atoms with Crippen LogP contribution in [0, 0.1) is 5.82 Å². The van der Waals surface area contributed by atoms with E-state index in [-0.39, 0.29) is 23.5 Å². The number of halogens is 1. The minimum atomic E-state index is -3.32. The van der Waals surface area contributed by atoms with Crippen LogP contribution in [0.1, 0.15) is 18.5 Å². The molecule has 3 rings (SSSR count). The normalized spacial score (nSPS) is 18.7. The third-order valence-corrected chi connectivity index (χ3v) is 5.07. The smallest absolute Gasteiger partial charge is 0.226 e. The number of ether oxygens (including phenoxy) is 1. The lowest BCUT2D eigenvalue weighted by atomic mass is 10.2. The Morgan fingerprint density at radius 3 is 2.95 bits per heavy atom. The van der Waals surface area contributed by atoms with Gasteiger partial charge in [-0.25, -0.2) is 17.8 Å². The zero-order chi connectivity index (χ0) is 15.6. The molecule has 2 heterocycles. The maximum absolute atomic E-state index is 13.2. The molecule has 1 saturated heterocycles. The molecule has 0 N–H and O–H groups in total. The van der Waals surface area contributed by atoms with Gasteiger partial charge < -0.3 is 9.15 Å². The topological polar surface area (TPSA) is 69.4 Å². The molecule has 1 aromatic carbocycles. The lowest BCUT2D eigenvalue weighted by molar-refractivity contribution is 0.127. The lowest BCUT2D eigenvalue weighted by Crippen LogP contribution is -2.21. The molecule has 0 amide bonds. The molecule has 2 aromatic rings. The number of nitrogens with zero attached hydrogens (tertiary/aromatic N) is 1. The Bertz CT molecular complexity index is 750. The largest absolute Gasteiger partial charge is 0.444 e. The van der Waals surface area contributed by atoms with Crippen molar-refractivity contribution in [3.63, 3.8) is 0 Å². The average molecular weight is 325 g/mol. The van der Waals surface area contributed by atoms with Crippen LogP contribution in [0.4, 0.5) is 4.39 Å². The van der Waals surface area contributed by atoms with Crippen molar-refractivity contribution >= 4 is 9.84 Å². The van der Waals surface area contributed by atoms with Gasteiger partial charge in [-0.1, -0.05) is 6.07 Å². The van der Waals surface area contributed by atoms with Gasteiger partial charge in [0.1, 0.15) is 12.1 Å². The molecule has 0 saturated carbocycles. The molecule has 1 atom stereocenters. The van der Waals surface area contributed by atoms with Crippen LogP contribution in [-0.4, -0.2) is 31.9 Å². The van der Waals surface area contributed by atoms with E-state index in [0.29, 0.717) is 17.9 Å². The van der Waals surface area contributed by atoms with Crippen LogP contribution < -0.4 is 0 Å². The lowest BCUT2D eigenvalue weighted by Gasteiger charge is -2.08. The van der Waals surface area contributed by atoms with Crippen LogP contribution in [0.25, 0.3) is 11.5 Å².